The van der Waals surface area contributed by atoms with Crippen molar-refractivity contribution in [2.75, 3.05) is 0 Å². The third-order valence-corrected chi connectivity index (χ3v) is 7.75. The highest BCUT2D eigenvalue weighted by Gasteiger charge is 2.26. The minimum Gasteiger partial charge on any atom is -0.288 e. The average Bonchev–Trinajstić information content (AvgIpc) is 2.92. The molecule has 0 saturated heterocycles. The van der Waals surface area contributed by atoms with E-state index in [1.807, 2.05) is 24.3 Å². The molecule has 0 atom stereocenters. The zero-order valence-electron chi connectivity index (χ0n) is 17.3. The van der Waals surface area contributed by atoms with E-state index >= 15 is 0 Å². The number of H-pyrrole nitrogens is 2. The summed E-state index contributed by atoms with van der Waals surface area (Å²) in [7, 11) is 0. The van der Waals surface area contributed by atoms with E-state index in [0.717, 1.165) is 53.9 Å². The lowest BCUT2D eigenvalue weighted by Gasteiger charge is -2.21. The van der Waals surface area contributed by atoms with Gasteiger partial charge >= 0.3 is 0 Å². The minimum atomic E-state index is -0.568. The Labute approximate surface area is 186 Å². The van der Waals surface area contributed by atoms with Crippen molar-refractivity contribution in [3.8, 4) is 0 Å². The number of benzene rings is 7. The molecule has 0 saturated carbocycles. The first kappa shape index (κ1) is 16.7. The van der Waals surface area contributed by atoms with Crippen LogP contribution in [0.2, 0.25) is 0 Å². The Hall–Kier alpha value is -4.84. The molecule has 156 valence electrons. The first-order valence-electron chi connectivity index (χ1n) is 10.9. The number of hydrogen-bond donors (Lipinski definition) is 2. The summed E-state index contributed by atoms with van der Waals surface area (Å²) in [6, 6.07) is 14.8. The van der Waals surface area contributed by atoms with Crippen molar-refractivity contribution in [1.82, 2.24) is 9.97 Å². The average molecular weight is 438 g/mol. The van der Waals surface area contributed by atoms with Crippen molar-refractivity contribution in [2.45, 2.75) is 0 Å². The van der Waals surface area contributed by atoms with Crippen LogP contribution in [0.25, 0.3) is 86.2 Å². The van der Waals surface area contributed by atoms with E-state index in [-0.39, 0.29) is 21.5 Å². The lowest BCUT2D eigenvalue weighted by molar-refractivity contribution is 1.22. The quantitative estimate of drug-likeness (QED) is 0.274. The molecule has 0 aliphatic rings. The van der Waals surface area contributed by atoms with E-state index in [1.54, 1.807) is 24.3 Å². The third-order valence-electron chi connectivity index (χ3n) is 7.75. The summed E-state index contributed by atoms with van der Waals surface area (Å²) in [6.07, 6.45) is 0. The second-order valence-corrected chi connectivity index (χ2v) is 9.29. The number of fused-ring (bicyclic) bond motifs is 2. The maximum Gasteiger partial charge on any atom is 0.258 e. The van der Waals surface area contributed by atoms with Crippen molar-refractivity contribution in [2.24, 2.45) is 0 Å². The molecule has 6 nitrogen and oxygen atoms in total. The van der Waals surface area contributed by atoms with Crippen molar-refractivity contribution in [3.05, 3.63) is 89.9 Å². The maximum atomic E-state index is 13.5. The summed E-state index contributed by atoms with van der Waals surface area (Å²) in [5.41, 5.74) is -2.27. The van der Waals surface area contributed by atoms with E-state index < -0.39 is 22.2 Å². The minimum absolute atomic E-state index is 0.242. The second-order valence-electron chi connectivity index (χ2n) is 9.29. The monoisotopic (exact) mass is 438 g/mol. The Morgan fingerprint density at radius 2 is 0.618 bits per heavy atom. The van der Waals surface area contributed by atoms with Gasteiger partial charge in [-0.25, -0.2) is 0 Å². The Bertz CT molecular complexity index is 2230. The Kier molecular flexibility index (Phi) is 2.41. The van der Waals surface area contributed by atoms with Crippen LogP contribution in [-0.4, -0.2) is 9.97 Å². The van der Waals surface area contributed by atoms with E-state index in [4.69, 9.17) is 0 Å². The Balaban J connectivity index is 2.07. The van der Waals surface area contributed by atoms with Crippen molar-refractivity contribution < 1.29 is 0 Å². The van der Waals surface area contributed by atoms with Crippen LogP contribution in [0.5, 0.6) is 0 Å². The van der Waals surface area contributed by atoms with Crippen molar-refractivity contribution in [1.29, 1.82) is 0 Å². The van der Waals surface area contributed by atoms with E-state index in [9.17, 15) is 19.2 Å². The van der Waals surface area contributed by atoms with Gasteiger partial charge in [-0.1, -0.05) is 24.3 Å². The summed E-state index contributed by atoms with van der Waals surface area (Å²) in [5, 5.41) is 10.7. The third kappa shape index (κ3) is 1.56. The topological polar surface area (TPSA) is 99.9 Å². The molecular formula is C28H10N2O4. The highest BCUT2D eigenvalue weighted by atomic mass is 16.2. The van der Waals surface area contributed by atoms with E-state index in [2.05, 4.69) is 9.97 Å². The molecule has 0 amide bonds. The summed E-state index contributed by atoms with van der Waals surface area (Å²) >= 11 is 0. The molecule has 0 aliphatic carbocycles. The lowest BCUT2D eigenvalue weighted by Crippen LogP contribution is -2.19. The van der Waals surface area contributed by atoms with Gasteiger partial charge in [0.2, 0.25) is 0 Å². The normalized spacial score (nSPS) is 13.2. The van der Waals surface area contributed by atoms with Gasteiger partial charge in [0, 0.05) is 43.1 Å². The predicted octanol–water partition coefficient (Wildman–Crippen LogP) is 4.20. The highest BCUT2D eigenvalue weighted by molar-refractivity contribution is 6.49. The molecule has 7 aromatic carbocycles. The van der Waals surface area contributed by atoms with Gasteiger partial charge in [-0.2, -0.15) is 0 Å². The molecule has 2 N–H and O–H groups in total. The number of rotatable bonds is 0. The maximum absolute atomic E-state index is 13.5. The molecule has 0 radical (unpaired) electrons. The van der Waals surface area contributed by atoms with Crippen LogP contribution >= 0.6 is 0 Å². The van der Waals surface area contributed by atoms with Gasteiger partial charge in [0.05, 0.1) is 0 Å². The number of nitrogens with one attached hydrogen (secondary N) is 2. The van der Waals surface area contributed by atoms with Gasteiger partial charge < -0.3 is 0 Å². The van der Waals surface area contributed by atoms with E-state index in [0.29, 0.717) is 10.8 Å². The molecule has 0 aliphatic heterocycles. The Morgan fingerprint density at radius 1 is 0.353 bits per heavy atom. The van der Waals surface area contributed by atoms with Crippen LogP contribution in [-0.2, 0) is 0 Å². The van der Waals surface area contributed by atoms with Gasteiger partial charge in [0.15, 0.2) is 0 Å². The van der Waals surface area contributed by atoms with Crippen molar-refractivity contribution in [3.63, 3.8) is 0 Å². The zero-order valence-corrected chi connectivity index (χ0v) is 17.3. The SMILES string of the molecule is O=c1[nH]c(=O)c2cc3ccc4cc1c1c5cc6ccc7cc(c(=O)[nH]c5=O)c2c2c3c4c1c6c72. The van der Waals surface area contributed by atoms with Crippen LogP contribution in [0.3, 0.4) is 0 Å². The number of aromatic nitrogens is 2. The van der Waals surface area contributed by atoms with E-state index in [1.165, 1.54) is 0 Å². The molecule has 0 spiro atoms. The molecule has 8 aromatic heterocycles. The fraction of sp³-hybridized carbons (Fsp3) is 0. The van der Waals surface area contributed by atoms with Gasteiger partial charge in [0.1, 0.15) is 0 Å². The molecule has 0 unspecified atom stereocenters. The zero-order chi connectivity index (χ0) is 22.6. The van der Waals surface area contributed by atoms with Crippen molar-refractivity contribution >= 4 is 86.2 Å². The standard InChI is InChI=1S/C28H10N2O4/c31-25-13-5-9-1-2-10-6-14(26(32)29-25)22-16-8-12-4-3-11-7-15(27(33)30-28(16)34)21(13)23-17(9)18(10)24(22)20(12)19(11)23/h1-8H,(H,29,31,32)(H,30,33,34). The lowest BCUT2D eigenvalue weighted by atomic mass is 9.80. The molecule has 34 heavy (non-hydrogen) atoms. The summed E-state index contributed by atoms with van der Waals surface area (Å²) in [6.45, 7) is 0. The fourth-order valence-corrected chi connectivity index (χ4v) is 6.51. The highest BCUT2D eigenvalue weighted by Crippen LogP contribution is 2.50. The molecule has 15 rings (SSSR count). The smallest absolute Gasteiger partial charge is 0.258 e. The fourth-order valence-electron chi connectivity index (χ4n) is 6.51. The molecule has 16 bridgehead atoms. The molecule has 15 aromatic rings. The summed E-state index contributed by atoms with van der Waals surface area (Å²) < 4.78 is 0. The largest absolute Gasteiger partial charge is 0.288 e. The van der Waals surface area contributed by atoms with Crippen LogP contribution < -0.4 is 22.2 Å². The molecular weight excluding hydrogens is 428 g/mol. The van der Waals surface area contributed by atoms with Crippen LogP contribution in [0.1, 0.15) is 0 Å². The Morgan fingerprint density at radius 3 is 0.882 bits per heavy atom. The van der Waals surface area contributed by atoms with Crippen LogP contribution in [0.4, 0.5) is 0 Å². The van der Waals surface area contributed by atoms with Gasteiger partial charge in [0.25, 0.3) is 22.2 Å². The summed E-state index contributed by atoms with van der Waals surface area (Å²) in [4.78, 5) is 59.1. The molecule has 6 heteroatoms. The predicted molar refractivity (Wildman–Crippen MR) is 136 cm³/mol. The second kappa shape index (κ2) is 4.89. The number of hydrogen-bond acceptors (Lipinski definition) is 4. The van der Waals surface area contributed by atoms with Gasteiger partial charge in [-0.15, -0.1) is 0 Å². The first-order valence-corrected chi connectivity index (χ1v) is 10.9. The van der Waals surface area contributed by atoms with Crippen LogP contribution in [0, 0.1) is 0 Å². The van der Waals surface area contributed by atoms with Crippen LogP contribution in [0.15, 0.2) is 67.7 Å². The van der Waals surface area contributed by atoms with Gasteiger partial charge in [-0.3, -0.25) is 29.1 Å². The summed E-state index contributed by atoms with van der Waals surface area (Å²) in [5.74, 6) is 0. The first-order chi connectivity index (χ1) is 16.5. The molecule has 0 fully saturated rings. The number of aromatic amines is 2. The van der Waals surface area contributed by atoms with Gasteiger partial charge in [-0.05, 0) is 67.4 Å². The molecule has 8 heterocycles.